The van der Waals surface area contributed by atoms with Gasteiger partial charge >= 0.3 is 5.97 Å². The number of carbonyl (C=O) groups excluding carboxylic acids is 1. The van der Waals surface area contributed by atoms with Crippen LogP contribution in [0.1, 0.15) is 5.56 Å². The van der Waals surface area contributed by atoms with Gasteiger partial charge in [0.15, 0.2) is 0 Å². The molecule has 25 heavy (non-hydrogen) atoms. The van der Waals surface area contributed by atoms with Crippen LogP contribution in [0.4, 0.5) is 0 Å². The lowest BCUT2D eigenvalue weighted by molar-refractivity contribution is -0.139. The van der Waals surface area contributed by atoms with Crippen LogP contribution in [-0.4, -0.2) is 26.3 Å². The quantitative estimate of drug-likeness (QED) is 0.303. The minimum Gasteiger partial charge on any atom is -0.497 e. The van der Waals surface area contributed by atoms with Crippen molar-refractivity contribution in [1.82, 2.24) is 0 Å². The maximum atomic E-state index is 12.0. The highest BCUT2D eigenvalue weighted by Crippen LogP contribution is 2.16. The van der Waals surface area contributed by atoms with Crippen molar-refractivity contribution in [2.75, 3.05) is 20.3 Å². The van der Waals surface area contributed by atoms with E-state index in [-0.39, 0.29) is 18.8 Å². The van der Waals surface area contributed by atoms with Crippen LogP contribution < -0.4 is 9.47 Å². The molecule has 0 amide bonds. The normalized spacial score (nSPS) is 10.7. The first-order chi connectivity index (χ1) is 12.1. The first-order valence-electron chi connectivity index (χ1n) is 7.43. The zero-order chi connectivity index (χ0) is 18.1. The number of benzene rings is 2. The Balaban J connectivity index is 1.85. The van der Waals surface area contributed by atoms with Gasteiger partial charge < -0.3 is 14.2 Å². The summed E-state index contributed by atoms with van der Waals surface area (Å²) in [6, 6.07) is 16.2. The molecule has 0 aliphatic carbocycles. The molecule has 0 aliphatic heterocycles. The van der Waals surface area contributed by atoms with E-state index in [9.17, 15) is 4.79 Å². The number of hydrogen-bond donors (Lipinski definition) is 0. The van der Waals surface area contributed by atoms with Crippen LogP contribution in [0.2, 0.25) is 0 Å². The minimum absolute atomic E-state index is 0.0521. The van der Waals surface area contributed by atoms with Gasteiger partial charge in [-0.3, -0.25) is 0 Å². The SMILES string of the molecule is COc1ccc(/C=C(\C#N)C(=O)OCCOc2ccc(Br)cc2)cc1. The lowest BCUT2D eigenvalue weighted by Gasteiger charge is -2.07. The second-order valence-corrected chi connectivity index (χ2v) is 5.80. The Hall–Kier alpha value is -2.78. The van der Waals surface area contributed by atoms with Gasteiger partial charge in [-0.2, -0.15) is 5.26 Å². The second kappa shape index (κ2) is 9.50. The van der Waals surface area contributed by atoms with Gasteiger partial charge in [0.25, 0.3) is 0 Å². The Bertz CT molecular complexity index is 777. The number of esters is 1. The smallest absolute Gasteiger partial charge is 0.349 e. The molecular weight excluding hydrogens is 386 g/mol. The van der Waals surface area contributed by atoms with Gasteiger partial charge in [-0.15, -0.1) is 0 Å². The average molecular weight is 402 g/mol. The highest BCUT2D eigenvalue weighted by molar-refractivity contribution is 9.10. The Morgan fingerprint density at radius 2 is 1.72 bits per heavy atom. The molecule has 5 nitrogen and oxygen atoms in total. The van der Waals surface area contributed by atoms with Crippen molar-refractivity contribution in [2.45, 2.75) is 0 Å². The molecule has 0 saturated heterocycles. The van der Waals surface area contributed by atoms with Crippen molar-refractivity contribution in [3.63, 3.8) is 0 Å². The number of rotatable bonds is 7. The van der Waals surface area contributed by atoms with Gasteiger partial charge in [-0.05, 0) is 48.0 Å². The van der Waals surface area contributed by atoms with Crippen LogP contribution in [0.25, 0.3) is 6.08 Å². The standard InChI is InChI=1S/C19H16BrNO4/c1-23-17-6-2-14(3-7-17)12-15(13-21)19(22)25-11-10-24-18-8-4-16(20)5-9-18/h2-9,12H,10-11H2,1H3/b15-12+. The first kappa shape index (κ1) is 18.6. The zero-order valence-corrected chi connectivity index (χ0v) is 15.2. The summed E-state index contributed by atoms with van der Waals surface area (Å²) in [4.78, 5) is 12.0. The van der Waals surface area contributed by atoms with Crippen LogP contribution >= 0.6 is 15.9 Å². The first-order valence-corrected chi connectivity index (χ1v) is 8.23. The summed E-state index contributed by atoms with van der Waals surface area (Å²) in [5, 5.41) is 9.14. The molecule has 0 fully saturated rings. The van der Waals surface area contributed by atoms with E-state index in [0.29, 0.717) is 17.1 Å². The third kappa shape index (κ3) is 5.98. The highest BCUT2D eigenvalue weighted by Gasteiger charge is 2.10. The molecule has 2 rings (SSSR count). The summed E-state index contributed by atoms with van der Waals surface area (Å²) in [5.41, 5.74) is 0.634. The monoisotopic (exact) mass is 401 g/mol. The molecule has 0 radical (unpaired) electrons. The third-order valence-corrected chi connectivity index (χ3v) is 3.69. The molecule has 0 spiro atoms. The topological polar surface area (TPSA) is 68.5 Å². The van der Waals surface area contributed by atoms with E-state index < -0.39 is 5.97 Å². The van der Waals surface area contributed by atoms with Crippen molar-refractivity contribution in [3.05, 3.63) is 64.1 Å². The van der Waals surface area contributed by atoms with Crippen LogP contribution in [-0.2, 0) is 9.53 Å². The van der Waals surface area contributed by atoms with Crippen molar-refractivity contribution in [1.29, 1.82) is 5.26 Å². The Morgan fingerprint density at radius 3 is 2.32 bits per heavy atom. The Morgan fingerprint density at radius 1 is 1.08 bits per heavy atom. The van der Waals surface area contributed by atoms with Gasteiger partial charge in [0.2, 0.25) is 0 Å². The number of nitrogens with zero attached hydrogens (tertiary/aromatic N) is 1. The molecule has 0 atom stereocenters. The predicted molar refractivity (Wildman–Crippen MR) is 97.2 cm³/mol. The molecule has 128 valence electrons. The minimum atomic E-state index is -0.683. The molecule has 0 saturated carbocycles. The molecular formula is C19H16BrNO4. The number of hydrogen-bond acceptors (Lipinski definition) is 5. The molecule has 0 unspecified atom stereocenters. The molecule has 2 aromatic carbocycles. The van der Waals surface area contributed by atoms with E-state index in [1.807, 2.05) is 18.2 Å². The van der Waals surface area contributed by atoms with Crippen molar-refractivity contribution < 1.29 is 19.0 Å². The number of halogens is 1. The number of carbonyl (C=O) groups is 1. The lowest BCUT2D eigenvalue weighted by Crippen LogP contribution is -2.13. The van der Waals surface area contributed by atoms with Crippen molar-refractivity contribution >= 4 is 28.0 Å². The van der Waals surface area contributed by atoms with Gasteiger partial charge in [-0.1, -0.05) is 28.1 Å². The Kier molecular flexibility index (Phi) is 7.05. The molecule has 0 N–H and O–H groups in total. The average Bonchev–Trinajstić information content (AvgIpc) is 2.65. The Labute approximate surface area is 154 Å². The molecule has 6 heteroatoms. The highest BCUT2D eigenvalue weighted by atomic mass is 79.9. The van der Waals surface area contributed by atoms with Crippen LogP contribution in [0.3, 0.4) is 0 Å². The molecule has 0 bridgehead atoms. The fraction of sp³-hybridized carbons (Fsp3) is 0.158. The third-order valence-electron chi connectivity index (χ3n) is 3.17. The van der Waals surface area contributed by atoms with Crippen molar-refractivity contribution in [2.24, 2.45) is 0 Å². The van der Waals surface area contributed by atoms with Crippen LogP contribution in [0.15, 0.2) is 58.6 Å². The summed E-state index contributed by atoms with van der Waals surface area (Å²) < 4.78 is 16.5. The molecule has 0 aliphatic rings. The number of ether oxygens (including phenoxy) is 3. The maximum Gasteiger partial charge on any atom is 0.349 e. The van der Waals surface area contributed by atoms with E-state index in [1.165, 1.54) is 6.08 Å². The lowest BCUT2D eigenvalue weighted by atomic mass is 10.1. The van der Waals surface area contributed by atoms with E-state index in [0.717, 1.165) is 4.47 Å². The van der Waals surface area contributed by atoms with Gasteiger partial charge in [0.05, 0.1) is 7.11 Å². The second-order valence-electron chi connectivity index (χ2n) is 4.88. The summed E-state index contributed by atoms with van der Waals surface area (Å²) in [6.07, 6.45) is 1.47. The molecule has 0 aromatic heterocycles. The van der Waals surface area contributed by atoms with Gasteiger partial charge in [-0.25, -0.2) is 4.79 Å². The summed E-state index contributed by atoms with van der Waals surface area (Å²) >= 11 is 3.34. The number of nitriles is 1. The molecule has 2 aromatic rings. The van der Waals surface area contributed by atoms with E-state index in [4.69, 9.17) is 19.5 Å². The summed E-state index contributed by atoms with van der Waals surface area (Å²) in [7, 11) is 1.57. The van der Waals surface area contributed by atoms with E-state index >= 15 is 0 Å². The summed E-state index contributed by atoms with van der Waals surface area (Å²) in [6.45, 7) is 0.255. The molecule has 0 heterocycles. The van der Waals surface area contributed by atoms with E-state index in [2.05, 4.69) is 15.9 Å². The van der Waals surface area contributed by atoms with E-state index in [1.54, 1.807) is 43.5 Å². The fourth-order valence-electron chi connectivity index (χ4n) is 1.91. The predicted octanol–water partition coefficient (Wildman–Crippen LogP) is 3.99. The largest absolute Gasteiger partial charge is 0.497 e. The summed E-state index contributed by atoms with van der Waals surface area (Å²) in [5.74, 6) is 0.689. The maximum absolute atomic E-state index is 12.0. The number of methoxy groups -OCH3 is 1. The van der Waals surface area contributed by atoms with Gasteiger partial charge in [0.1, 0.15) is 36.4 Å². The van der Waals surface area contributed by atoms with Crippen LogP contribution in [0.5, 0.6) is 11.5 Å². The van der Waals surface area contributed by atoms with Gasteiger partial charge in [0, 0.05) is 4.47 Å². The van der Waals surface area contributed by atoms with Crippen molar-refractivity contribution in [3.8, 4) is 17.6 Å². The fourth-order valence-corrected chi connectivity index (χ4v) is 2.17. The van der Waals surface area contributed by atoms with Crippen LogP contribution in [0, 0.1) is 11.3 Å². The zero-order valence-electron chi connectivity index (χ0n) is 13.6.